The van der Waals surface area contributed by atoms with Crippen LogP contribution in [0.5, 0.6) is 11.6 Å². The first-order chi connectivity index (χ1) is 9.76. The van der Waals surface area contributed by atoms with E-state index in [0.29, 0.717) is 22.6 Å². The van der Waals surface area contributed by atoms with Crippen LogP contribution in [0.4, 0.5) is 5.95 Å². The molecule has 0 aliphatic carbocycles. The predicted octanol–water partition coefficient (Wildman–Crippen LogP) is 4.12. The van der Waals surface area contributed by atoms with Gasteiger partial charge in [0.25, 0.3) is 0 Å². The van der Waals surface area contributed by atoms with Gasteiger partial charge in [0.05, 0.1) is 10.9 Å². The molecule has 0 aliphatic rings. The zero-order chi connectivity index (χ0) is 13.9. The Morgan fingerprint density at radius 3 is 2.70 bits per heavy atom. The maximum atomic E-state index is 5.96. The Balaban J connectivity index is 2.10. The molecule has 1 heterocycles. The van der Waals surface area contributed by atoms with E-state index in [1.165, 1.54) is 0 Å². The van der Waals surface area contributed by atoms with Crippen molar-refractivity contribution in [3.05, 3.63) is 53.6 Å². The predicted molar refractivity (Wildman–Crippen MR) is 80.6 cm³/mol. The Labute approximate surface area is 121 Å². The number of para-hydroxylation sites is 1. The van der Waals surface area contributed by atoms with Gasteiger partial charge in [-0.1, -0.05) is 29.8 Å². The van der Waals surface area contributed by atoms with E-state index in [1.54, 1.807) is 19.2 Å². The number of fused-ring (bicyclic) bond motifs is 1. The summed E-state index contributed by atoms with van der Waals surface area (Å²) < 4.78 is 5.84. The largest absolute Gasteiger partial charge is 0.438 e. The van der Waals surface area contributed by atoms with Gasteiger partial charge in [-0.2, -0.15) is 4.98 Å². The average molecular weight is 286 g/mol. The van der Waals surface area contributed by atoms with Gasteiger partial charge < -0.3 is 10.1 Å². The topological polar surface area (TPSA) is 47.0 Å². The molecule has 0 bridgehead atoms. The van der Waals surface area contributed by atoms with Gasteiger partial charge in [-0.3, -0.25) is 0 Å². The summed E-state index contributed by atoms with van der Waals surface area (Å²) in [6, 6.07) is 14.9. The molecule has 0 radical (unpaired) electrons. The van der Waals surface area contributed by atoms with E-state index in [9.17, 15) is 0 Å². The minimum atomic E-state index is 0.502. The van der Waals surface area contributed by atoms with Gasteiger partial charge in [0.1, 0.15) is 5.75 Å². The van der Waals surface area contributed by atoms with E-state index in [0.717, 1.165) is 10.9 Å². The number of hydrogen-bond acceptors (Lipinski definition) is 4. The zero-order valence-corrected chi connectivity index (χ0v) is 11.6. The van der Waals surface area contributed by atoms with Crippen LogP contribution in [0.15, 0.2) is 48.5 Å². The highest BCUT2D eigenvalue weighted by molar-refractivity contribution is 6.30. The van der Waals surface area contributed by atoms with Crippen LogP contribution in [-0.2, 0) is 0 Å². The van der Waals surface area contributed by atoms with Crippen molar-refractivity contribution >= 4 is 28.5 Å². The number of hydrogen-bond donors (Lipinski definition) is 1. The lowest BCUT2D eigenvalue weighted by Crippen LogP contribution is -1.99. The summed E-state index contributed by atoms with van der Waals surface area (Å²) >= 11 is 5.96. The van der Waals surface area contributed by atoms with Gasteiger partial charge in [-0.05, 0) is 30.3 Å². The quantitative estimate of drug-likeness (QED) is 0.786. The lowest BCUT2D eigenvalue weighted by Gasteiger charge is -2.09. The first kappa shape index (κ1) is 12.7. The van der Waals surface area contributed by atoms with Crippen LogP contribution < -0.4 is 10.1 Å². The molecule has 0 atom stereocenters. The van der Waals surface area contributed by atoms with Crippen molar-refractivity contribution in [1.29, 1.82) is 0 Å². The molecular formula is C15H12ClN3O. The van der Waals surface area contributed by atoms with E-state index < -0.39 is 0 Å². The highest BCUT2D eigenvalue weighted by atomic mass is 35.5. The third-order valence-electron chi connectivity index (χ3n) is 2.80. The second kappa shape index (κ2) is 5.35. The van der Waals surface area contributed by atoms with Gasteiger partial charge in [0.2, 0.25) is 11.8 Å². The van der Waals surface area contributed by atoms with Crippen LogP contribution in [-0.4, -0.2) is 17.0 Å². The van der Waals surface area contributed by atoms with Crippen LogP contribution in [0.3, 0.4) is 0 Å². The standard InChI is InChI=1S/C15H12ClN3O/c1-17-15-18-13-8-3-2-7-12(13)14(19-15)20-11-6-4-5-10(16)9-11/h2-9H,1H3,(H,17,18,19). The van der Waals surface area contributed by atoms with Crippen LogP contribution >= 0.6 is 11.6 Å². The average Bonchev–Trinajstić information content (AvgIpc) is 2.47. The molecule has 0 amide bonds. The number of halogens is 1. The van der Waals surface area contributed by atoms with Gasteiger partial charge in [0.15, 0.2) is 0 Å². The Morgan fingerprint density at radius 2 is 1.90 bits per heavy atom. The number of aromatic nitrogens is 2. The number of benzene rings is 2. The SMILES string of the molecule is CNc1nc(Oc2cccc(Cl)c2)c2ccccc2n1. The molecule has 4 nitrogen and oxygen atoms in total. The minimum Gasteiger partial charge on any atom is -0.438 e. The number of ether oxygens (including phenoxy) is 1. The van der Waals surface area contributed by atoms with E-state index in [4.69, 9.17) is 16.3 Å². The first-order valence-corrected chi connectivity index (χ1v) is 6.52. The molecule has 0 unspecified atom stereocenters. The van der Waals surface area contributed by atoms with E-state index >= 15 is 0 Å². The van der Waals surface area contributed by atoms with Gasteiger partial charge in [-0.15, -0.1) is 0 Å². The summed E-state index contributed by atoms with van der Waals surface area (Å²) in [5, 5.41) is 4.40. The minimum absolute atomic E-state index is 0.502. The second-order valence-corrected chi connectivity index (χ2v) is 4.62. The van der Waals surface area contributed by atoms with Crippen molar-refractivity contribution in [2.75, 3.05) is 12.4 Å². The summed E-state index contributed by atoms with van der Waals surface area (Å²) in [5.74, 6) is 1.66. The van der Waals surface area contributed by atoms with Crippen molar-refractivity contribution in [2.45, 2.75) is 0 Å². The van der Waals surface area contributed by atoms with Gasteiger partial charge in [0, 0.05) is 12.1 Å². The summed E-state index contributed by atoms with van der Waals surface area (Å²) in [5.41, 5.74) is 0.823. The summed E-state index contributed by atoms with van der Waals surface area (Å²) in [4.78, 5) is 8.74. The maximum Gasteiger partial charge on any atom is 0.231 e. The fraction of sp³-hybridized carbons (Fsp3) is 0.0667. The summed E-state index contributed by atoms with van der Waals surface area (Å²) in [6.45, 7) is 0. The molecule has 100 valence electrons. The Hall–Kier alpha value is -2.33. The smallest absolute Gasteiger partial charge is 0.231 e. The highest BCUT2D eigenvalue weighted by Gasteiger charge is 2.09. The monoisotopic (exact) mass is 285 g/mol. The van der Waals surface area contributed by atoms with Crippen LogP contribution in [0.25, 0.3) is 10.9 Å². The molecule has 0 fully saturated rings. The molecule has 1 aromatic heterocycles. The molecule has 2 aromatic carbocycles. The fourth-order valence-corrected chi connectivity index (χ4v) is 2.06. The molecule has 5 heteroatoms. The third-order valence-corrected chi connectivity index (χ3v) is 3.04. The molecule has 0 spiro atoms. The molecule has 0 saturated carbocycles. The molecule has 20 heavy (non-hydrogen) atoms. The molecule has 0 aliphatic heterocycles. The van der Waals surface area contributed by atoms with Crippen molar-refractivity contribution in [1.82, 2.24) is 9.97 Å². The van der Waals surface area contributed by atoms with Crippen molar-refractivity contribution < 1.29 is 4.74 Å². The molecule has 3 aromatic rings. The maximum absolute atomic E-state index is 5.96. The van der Waals surface area contributed by atoms with E-state index in [-0.39, 0.29) is 0 Å². The summed E-state index contributed by atoms with van der Waals surface area (Å²) in [6.07, 6.45) is 0. The second-order valence-electron chi connectivity index (χ2n) is 4.18. The number of anilines is 1. The molecular weight excluding hydrogens is 274 g/mol. The number of nitrogens with one attached hydrogen (secondary N) is 1. The lowest BCUT2D eigenvalue weighted by atomic mass is 10.2. The normalized spacial score (nSPS) is 10.5. The molecule has 1 N–H and O–H groups in total. The third kappa shape index (κ3) is 2.51. The van der Waals surface area contributed by atoms with Crippen molar-refractivity contribution in [3.8, 4) is 11.6 Å². The van der Waals surface area contributed by atoms with E-state index in [2.05, 4.69) is 15.3 Å². The van der Waals surface area contributed by atoms with Crippen molar-refractivity contribution in [3.63, 3.8) is 0 Å². The molecule has 3 rings (SSSR count). The van der Waals surface area contributed by atoms with Gasteiger partial charge in [-0.25, -0.2) is 4.98 Å². The summed E-state index contributed by atoms with van der Waals surface area (Å²) in [7, 11) is 1.77. The van der Waals surface area contributed by atoms with Crippen LogP contribution in [0, 0.1) is 0 Å². The number of nitrogens with zero attached hydrogens (tertiary/aromatic N) is 2. The van der Waals surface area contributed by atoms with Crippen molar-refractivity contribution in [2.24, 2.45) is 0 Å². The number of rotatable bonds is 3. The Morgan fingerprint density at radius 1 is 1.05 bits per heavy atom. The first-order valence-electron chi connectivity index (χ1n) is 6.14. The lowest BCUT2D eigenvalue weighted by molar-refractivity contribution is 0.469. The van der Waals surface area contributed by atoms with Gasteiger partial charge >= 0.3 is 0 Å². The Bertz CT molecular complexity index is 761. The zero-order valence-electron chi connectivity index (χ0n) is 10.8. The van der Waals surface area contributed by atoms with E-state index in [1.807, 2.05) is 36.4 Å². The van der Waals surface area contributed by atoms with Crippen LogP contribution in [0.1, 0.15) is 0 Å². The molecule has 0 saturated heterocycles. The Kier molecular flexibility index (Phi) is 3.39. The fourth-order valence-electron chi connectivity index (χ4n) is 1.88. The highest BCUT2D eigenvalue weighted by Crippen LogP contribution is 2.29. The van der Waals surface area contributed by atoms with Crippen LogP contribution in [0.2, 0.25) is 5.02 Å².